The topological polar surface area (TPSA) is 109 Å². The fourth-order valence-corrected chi connectivity index (χ4v) is 3.73. The maximum atomic E-state index is 8.71. The third-order valence-electron chi connectivity index (χ3n) is 5.69. The Kier molecular flexibility index (Phi) is 8.88. The quantitative estimate of drug-likeness (QED) is 0.175. The number of hydrogen-bond donors (Lipinski definition) is 0. The number of methoxy groups -OCH3 is 2. The van der Waals surface area contributed by atoms with E-state index in [2.05, 4.69) is 34.3 Å². The van der Waals surface area contributed by atoms with Gasteiger partial charge < -0.3 is 18.9 Å². The van der Waals surface area contributed by atoms with Gasteiger partial charge in [-0.1, -0.05) is 24.3 Å². The normalized spacial score (nSPS) is 10.7. The smallest absolute Gasteiger partial charge is 0.292 e. The minimum atomic E-state index is 0.361. The number of aliphatic imine (C=N–C) groups is 2. The summed E-state index contributed by atoms with van der Waals surface area (Å²) in [6.45, 7) is 0. The molecule has 0 spiro atoms. The van der Waals surface area contributed by atoms with E-state index in [-0.39, 0.29) is 0 Å². The largest absolute Gasteiger partial charge is 0.493 e. The van der Waals surface area contributed by atoms with Crippen molar-refractivity contribution in [3.05, 3.63) is 107 Å². The molecule has 0 radical (unpaired) electrons. The highest BCUT2D eigenvalue weighted by Gasteiger charge is 2.06. The summed E-state index contributed by atoms with van der Waals surface area (Å²) >= 11 is 0. The molecule has 0 amide bonds. The molecule has 0 saturated heterocycles. The van der Waals surface area contributed by atoms with E-state index in [0.29, 0.717) is 23.0 Å². The van der Waals surface area contributed by atoms with Gasteiger partial charge in [0.2, 0.25) is 0 Å². The van der Waals surface area contributed by atoms with E-state index >= 15 is 0 Å². The van der Waals surface area contributed by atoms with E-state index in [1.165, 1.54) is 14.2 Å². The molecular formula is C31H24N4O4. The SMILES string of the molecule is COc1cc(C=Nc2ccc(Cc3ccc(N=Cc4ccc(OC#N)c(OC)c4)cc3)cc2)ccc1OC#N. The van der Waals surface area contributed by atoms with Crippen LogP contribution in [0.1, 0.15) is 22.3 Å². The lowest BCUT2D eigenvalue weighted by Gasteiger charge is -2.06. The second-order valence-corrected chi connectivity index (χ2v) is 8.23. The minimum Gasteiger partial charge on any atom is -0.493 e. The Morgan fingerprint density at radius 3 is 1.36 bits per heavy atom. The van der Waals surface area contributed by atoms with Gasteiger partial charge in [0.25, 0.3) is 12.5 Å². The standard InChI is InChI=1S/C31H24N4O4/c1-36-30-16-24(7-13-28(30)38-20-32)18-34-26-9-3-22(4-10-26)15-23-5-11-27(12-6-23)35-19-25-8-14-29(39-21-33)31(17-25)37-2/h3-14,16-19H,15H2,1-2H3. The summed E-state index contributed by atoms with van der Waals surface area (Å²) in [6, 6.07) is 26.6. The molecule has 0 aromatic heterocycles. The highest BCUT2D eigenvalue weighted by molar-refractivity contribution is 5.83. The van der Waals surface area contributed by atoms with Crippen LogP contribution in [0.3, 0.4) is 0 Å². The van der Waals surface area contributed by atoms with Crippen LogP contribution in [0.5, 0.6) is 23.0 Å². The first-order chi connectivity index (χ1) is 19.1. The van der Waals surface area contributed by atoms with Crippen LogP contribution in [-0.4, -0.2) is 26.6 Å². The Bertz CT molecular complexity index is 1450. The van der Waals surface area contributed by atoms with Crippen molar-refractivity contribution >= 4 is 23.8 Å². The van der Waals surface area contributed by atoms with Crippen LogP contribution in [0.15, 0.2) is 94.9 Å². The van der Waals surface area contributed by atoms with Crippen molar-refractivity contribution in [1.82, 2.24) is 0 Å². The van der Waals surface area contributed by atoms with Gasteiger partial charge in [0.1, 0.15) is 0 Å². The lowest BCUT2D eigenvalue weighted by atomic mass is 10.0. The molecule has 0 fully saturated rings. The predicted octanol–water partition coefficient (Wildman–Crippen LogP) is 6.52. The average molecular weight is 517 g/mol. The van der Waals surface area contributed by atoms with E-state index in [1.807, 2.05) is 24.3 Å². The van der Waals surface area contributed by atoms with E-state index in [0.717, 1.165) is 40.0 Å². The number of ether oxygens (including phenoxy) is 4. The Hall–Kier alpha value is -5.60. The molecule has 39 heavy (non-hydrogen) atoms. The Balaban J connectivity index is 1.36. The number of nitrogens with zero attached hydrogens (tertiary/aromatic N) is 4. The molecule has 0 bridgehead atoms. The summed E-state index contributed by atoms with van der Waals surface area (Å²) in [5.41, 5.74) is 5.63. The zero-order valence-electron chi connectivity index (χ0n) is 21.4. The van der Waals surface area contributed by atoms with E-state index < -0.39 is 0 Å². The van der Waals surface area contributed by atoms with Gasteiger partial charge in [0, 0.05) is 12.4 Å². The molecule has 4 aromatic carbocycles. The predicted molar refractivity (Wildman–Crippen MR) is 149 cm³/mol. The molecule has 8 heteroatoms. The van der Waals surface area contributed by atoms with Crippen LogP contribution < -0.4 is 18.9 Å². The molecule has 0 heterocycles. The van der Waals surface area contributed by atoms with Gasteiger partial charge in [0.15, 0.2) is 23.0 Å². The van der Waals surface area contributed by atoms with Gasteiger partial charge >= 0.3 is 0 Å². The van der Waals surface area contributed by atoms with Crippen molar-refractivity contribution < 1.29 is 18.9 Å². The fraction of sp³-hybridized carbons (Fsp3) is 0.0968. The molecule has 4 rings (SSSR count). The molecule has 8 nitrogen and oxygen atoms in total. The number of hydrogen-bond acceptors (Lipinski definition) is 8. The van der Waals surface area contributed by atoms with Gasteiger partial charge in [-0.25, -0.2) is 0 Å². The molecule has 0 aliphatic carbocycles. The van der Waals surface area contributed by atoms with Crippen LogP contribution in [-0.2, 0) is 6.42 Å². The summed E-state index contributed by atoms with van der Waals surface area (Å²) in [6.07, 6.45) is 7.54. The monoisotopic (exact) mass is 516 g/mol. The van der Waals surface area contributed by atoms with Gasteiger partial charge in [-0.2, -0.15) is 0 Å². The molecular weight excluding hydrogens is 492 g/mol. The van der Waals surface area contributed by atoms with Crippen molar-refractivity contribution in [1.29, 1.82) is 10.5 Å². The highest BCUT2D eigenvalue weighted by Crippen LogP contribution is 2.29. The molecule has 192 valence electrons. The highest BCUT2D eigenvalue weighted by atomic mass is 16.5. The van der Waals surface area contributed by atoms with Gasteiger partial charge in [0.05, 0.1) is 25.6 Å². The maximum absolute atomic E-state index is 8.71. The fourth-order valence-electron chi connectivity index (χ4n) is 3.73. The first kappa shape index (κ1) is 26.5. The lowest BCUT2D eigenvalue weighted by molar-refractivity contribution is 0.384. The molecule has 0 aliphatic rings. The van der Waals surface area contributed by atoms with Gasteiger partial charge in [-0.05, 0) is 89.3 Å². The van der Waals surface area contributed by atoms with Crippen LogP contribution in [0.25, 0.3) is 0 Å². The minimum absolute atomic E-state index is 0.361. The van der Waals surface area contributed by atoms with Crippen LogP contribution >= 0.6 is 0 Å². The van der Waals surface area contributed by atoms with E-state index in [9.17, 15) is 0 Å². The molecule has 0 atom stereocenters. The Labute approximate surface area is 226 Å². The van der Waals surface area contributed by atoms with E-state index in [4.69, 9.17) is 29.5 Å². The Morgan fingerprint density at radius 2 is 1.00 bits per heavy atom. The van der Waals surface area contributed by atoms with Crippen molar-refractivity contribution in [3.63, 3.8) is 0 Å². The zero-order chi connectivity index (χ0) is 27.5. The average Bonchev–Trinajstić information content (AvgIpc) is 2.97. The maximum Gasteiger partial charge on any atom is 0.292 e. The van der Waals surface area contributed by atoms with Crippen LogP contribution in [0.4, 0.5) is 11.4 Å². The zero-order valence-corrected chi connectivity index (χ0v) is 21.4. The summed E-state index contributed by atoms with van der Waals surface area (Å²) in [4.78, 5) is 9.05. The van der Waals surface area contributed by atoms with Crippen molar-refractivity contribution in [3.8, 4) is 35.5 Å². The first-order valence-corrected chi connectivity index (χ1v) is 11.9. The van der Waals surface area contributed by atoms with Crippen molar-refractivity contribution in [2.45, 2.75) is 6.42 Å². The second kappa shape index (κ2) is 13.1. The lowest BCUT2D eigenvalue weighted by Crippen LogP contribution is -1.92. The molecule has 0 saturated carbocycles. The summed E-state index contributed by atoms with van der Waals surface area (Å²) in [7, 11) is 3.04. The van der Waals surface area contributed by atoms with Crippen molar-refractivity contribution in [2.24, 2.45) is 9.98 Å². The van der Waals surface area contributed by atoms with E-state index in [1.54, 1.807) is 61.3 Å². The summed E-state index contributed by atoms with van der Waals surface area (Å²) in [5, 5.41) is 17.4. The Morgan fingerprint density at radius 1 is 0.590 bits per heavy atom. The number of rotatable bonds is 10. The van der Waals surface area contributed by atoms with Crippen molar-refractivity contribution in [2.75, 3.05) is 14.2 Å². The molecule has 4 aromatic rings. The van der Waals surface area contributed by atoms with Crippen LogP contribution in [0.2, 0.25) is 0 Å². The number of nitriles is 2. The molecule has 0 unspecified atom stereocenters. The third-order valence-corrected chi connectivity index (χ3v) is 5.69. The molecule has 0 aliphatic heterocycles. The first-order valence-electron chi connectivity index (χ1n) is 11.9. The second-order valence-electron chi connectivity index (χ2n) is 8.23. The molecule has 0 N–H and O–H groups in total. The summed E-state index contributed by atoms with van der Waals surface area (Å²) in [5.74, 6) is 1.65. The van der Waals surface area contributed by atoms with Gasteiger partial charge in [-0.15, -0.1) is 10.5 Å². The summed E-state index contributed by atoms with van der Waals surface area (Å²) < 4.78 is 20.3. The van der Waals surface area contributed by atoms with Crippen LogP contribution in [0, 0.1) is 23.0 Å². The van der Waals surface area contributed by atoms with Gasteiger partial charge in [-0.3, -0.25) is 9.98 Å². The third kappa shape index (κ3) is 7.22. The number of benzene rings is 4.